The van der Waals surface area contributed by atoms with Gasteiger partial charge in [0.25, 0.3) is 5.91 Å². The number of hydrogen-bond donors (Lipinski definition) is 1. The molecule has 1 saturated carbocycles. The summed E-state index contributed by atoms with van der Waals surface area (Å²) >= 11 is 0. The van der Waals surface area contributed by atoms with Crippen LogP contribution in [-0.4, -0.2) is 51.0 Å². The second-order valence-electron chi connectivity index (χ2n) is 7.19. The predicted octanol–water partition coefficient (Wildman–Crippen LogP) is 2.18. The van der Waals surface area contributed by atoms with Gasteiger partial charge in [-0.15, -0.1) is 10.2 Å². The van der Waals surface area contributed by atoms with E-state index < -0.39 is 0 Å². The zero-order chi connectivity index (χ0) is 18.3. The molecule has 2 aliphatic rings. The fourth-order valence-corrected chi connectivity index (χ4v) is 3.47. The number of pyridine rings is 1. The SMILES string of the molecule is Cc1nnc(NC(=O)c2ccc(N3CC(C)OC(C)C3)nc2)n1C1CC1. The molecular formula is C18H24N6O2. The van der Waals surface area contributed by atoms with Crippen molar-refractivity contribution in [3.05, 3.63) is 29.7 Å². The van der Waals surface area contributed by atoms with E-state index in [1.807, 2.05) is 17.6 Å². The Morgan fingerprint density at radius 2 is 1.92 bits per heavy atom. The average molecular weight is 356 g/mol. The molecule has 0 spiro atoms. The minimum Gasteiger partial charge on any atom is -0.372 e. The molecule has 3 heterocycles. The van der Waals surface area contributed by atoms with Crippen molar-refractivity contribution in [2.24, 2.45) is 0 Å². The Labute approximate surface area is 152 Å². The lowest BCUT2D eigenvalue weighted by Crippen LogP contribution is -2.45. The van der Waals surface area contributed by atoms with E-state index in [-0.39, 0.29) is 18.1 Å². The van der Waals surface area contributed by atoms with Crippen LogP contribution in [0.15, 0.2) is 18.3 Å². The molecule has 26 heavy (non-hydrogen) atoms. The van der Waals surface area contributed by atoms with Crippen LogP contribution in [0.1, 0.15) is 48.9 Å². The number of carbonyl (C=O) groups excluding carboxylic acids is 1. The molecule has 138 valence electrons. The molecule has 1 aliphatic heterocycles. The first kappa shape index (κ1) is 17.0. The number of carbonyl (C=O) groups is 1. The smallest absolute Gasteiger partial charge is 0.259 e. The second-order valence-corrected chi connectivity index (χ2v) is 7.19. The number of nitrogens with zero attached hydrogens (tertiary/aromatic N) is 5. The normalized spacial score (nSPS) is 23.1. The third-order valence-corrected chi connectivity index (χ3v) is 4.76. The van der Waals surface area contributed by atoms with E-state index in [1.165, 1.54) is 0 Å². The van der Waals surface area contributed by atoms with Crippen molar-refractivity contribution in [3.8, 4) is 0 Å². The zero-order valence-corrected chi connectivity index (χ0v) is 15.3. The molecule has 1 N–H and O–H groups in total. The van der Waals surface area contributed by atoms with Gasteiger partial charge in [-0.1, -0.05) is 0 Å². The number of aryl methyl sites for hydroxylation is 1. The largest absolute Gasteiger partial charge is 0.372 e. The second kappa shape index (κ2) is 6.68. The van der Waals surface area contributed by atoms with E-state index in [9.17, 15) is 4.79 Å². The van der Waals surface area contributed by atoms with E-state index in [4.69, 9.17) is 4.74 Å². The maximum Gasteiger partial charge on any atom is 0.259 e. The Bertz CT molecular complexity index is 789. The van der Waals surface area contributed by atoms with Gasteiger partial charge in [0.2, 0.25) is 5.95 Å². The lowest BCUT2D eigenvalue weighted by atomic mass is 10.2. The van der Waals surface area contributed by atoms with Crippen LogP contribution in [0.4, 0.5) is 11.8 Å². The molecule has 2 aromatic rings. The van der Waals surface area contributed by atoms with Gasteiger partial charge in [-0.05, 0) is 45.7 Å². The van der Waals surface area contributed by atoms with E-state index in [0.717, 1.165) is 37.6 Å². The molecule has 1 amide bonds. The van der Waals surface area contributed by atoms with Gasteiger partial charge in [0, 0.05) is 25.3 Å². The molecule has 8 heteroatoms. The van der Waals surface area contributed by atoms with Crippen molar-refractivity contribution < 1.29 is 9.53 Å². The molecule has 0 radical (unpaired) electrons. The fourth-order valence-electron chi connectivity index (χ4n) is 3.47. The van der Waals surface area contributed by atoms with Gasteiger partial charge in [0.15, 0.2) is 0 Å². The Hall–Kier alpha value is -2.48. The van der Waals surface area contributed by atoms with E-state index in [1.54, 1.807) is 12.3 Å². The van der Waals surface area contributed by atoms with Crippen molar-refractivity contribution in [1.29, 1.82) is 0 Å². The van der Waals surface area contributed by atoms with E-state index in [0.29, 0.717) is 17.6 Å². The Morgan fingerprint density at radius 1 is 1.19 bits per heavy atom. The van der Waals surface area contributed by atoms with Crippen LogP contribution in [-0.2, 0) is 4.74 Å². The summed E-state index contributed by atoms with van der Waals surface area (Å²) in [5, 5.41) is 11.0. The fraction of sp³-hybridized carbons (Fsp3) is 0.556. The van der Waals surface area contributed by atoms with Crippen molar-refractivity contribution in [2.45, 2.75) is 51.9 Å². The molecule has 4 rings (SSSR count). The summed E-state index contributed by atoms with van der Waals surface area (Å²) in [6.07, 6.45) is 4.16. The van der Waals surface area contributed by atoms with Gasteiger partial charge < -0.3 is 9.64 Å². The highest BCUT2D eigenvalue weighted by atomic mass is 16.5. The first-order valence-corrected chi connectivity index (χ1v) is 9.10. The van der Waals surface area contributed by atoms with Gasteiger partial charge in [-0.3, -0.25) is 14.7 Å². The lowest BCUT2D eigenvalue weighted by Gasteiger charge is -2.36. The molecule has 2 fully saturated rings. The third kappa shape index (κ3) is 3.41. The summed E-state index contributed by atoms with van der Waals surface area (Å²) < 4.78 is 7.75. The summed E-state index contributed by atoms with van der Waals surface area (Å²) in [6, 6.07) is 4.09. The monoisotopic (exact) mass is 356 g/mol. The van der Waals surface area contributed by atoms with Gasteiger partial charge >= 0.3 is 0 Å². The predicted molar refractivity (Wildman–Crippen MR) is 97.4 cm³/mol. The molecular weight excluding hydrogens is 332 g/mol. The van der Waals surface area contributed by atoms with Crippen LogP contribution in [0.3, 0.4) is 0 Å². The summed E-state index contributed by atoms with van der Waals surface area (Å²) in [5.74, 6) is 1.98. The molecule has 8 nitrogen and oxygen atoms in total. The topological polar surface area (TPSA) is 85.2 Å². The van der Waals surface area contributed by atoms with Gasteiger partial charge in [-0.25, -0.2) is 4.98 Å². The Kier molecular flexibility index (Phi) is 4.36. The number of hydrogen-bond acceptors (Lipinski definition) is 6. The molecule has 0 aromatic carbocycles. The highest BCUT2D eigenvalue weighted by molar-refractivity contribution is 6.03. The van der Waals surface area contributed by atoms with Crippen LogP contribution in [0, 0.1) is 6.92 Å². The minimum absolute atomic E-state index is 0.167. The van der Waals surface area contributed by atoms with E-state index in [2.05, 4.69) is 39.2 Å². The van der Waals surface area contributed by atoms with Crippen molar-refractivity contribution >= 4 is 17.7 Å². The maximum atomic E-state index is 12.5. The molecule has 1 saturated heterocycles. The average Bonchev–Trinajstić information content (AvgIpc) is 3.38. The van der Waals surface area contributed by atoms with E-state index >= 15 is 0 Å². The van der Waals surface area contributed by atoms with Crippen LogP contribution in [0.2, 0.25) is 0 Å². The minimum atomic E-state index is -0.220. The van der Waals surface area contributed by atoms with Gasteiger partial charge in [-0.2, -0.15) is 0 Å². The summed E-state index contributed by atoms with van der Waals surface area (Å²) in [7, 11) is 0. The molecule has 2 aromatic heterocycles. The van der Waals surface area contributed by atoms with Crippen LogP contribution in [0.5, 0.6) is 0 Å². The first-order chi connectivity index (χ1) is 12.5. The number of rotatable bonds is 4. The maximum absolute atomic E-state index is 12.5. The van der Waals surface area contributed by atoms with Crippen molar-refractivity contribution in [1.82, 2.24) is 19.7 Å². The summed E-state index contributed by atoms with van der Waals surface area (Å²) in [6.45, 7) is 7.62. The summed E-state index contributed by atoms with van der Waals surface area (Å²) in [4.78, 5) is 19.2. The molecule has 2 unspecified atom stereocenters. The summed E-state index contributed by atoms with van der Waals surface area (Å²) in [5.41, 5.74) is 0.506. The van der Waals surface area contributed by atoms with Crippen LogP contribution >= 0.6 is 0 Å². The van der Waals surface area contributed by atoms with Crippen LogP contribution < -0.4 is 10.2 Å². The number of morpholine rings is 1. The molecule has 0 bridgehead atoms. The van der Waals surface area contributed by atoms with Crippen molar-refractivity contribution in [2.75, 3.05) is 23.3 Å². The number of amides is 1. The highest BCUT2D eigenvalue weighted by Crippen LogP contribution is 2.37. The first-order valence-electron chi connectivity index (χ1n) is 9.10. The molecule has 1 aliphatic carbocycles. The lowest BCUT2D eigenvalue weighted by molar-refractivity contribution is -0.00546. The molecule has 2 atom stereocenters. The number of aromatic nitrogens is 4. The Balaban J connectivity index is 1.46. The highest BCUT2D eigenvalue weighted by Gasteiger charge is 2.29. The number of ether oxygens (including phenoxy) is 1. The standard InChI is InChI=1S/C18H24N6O2/c1-11-9-23(10-12(2)26-11)16-7-4-14(8-19-16)17(25)20-18-22-21-13(3)24(18)15-5-6-15/h4,7-8,11-12,15H,5-6,9-10H2,1-3H3,(H,20,22,25). The van der Waals surface area contributed by atoms with Gasteiger partial charge in [0.1, 0.15) is 11.6 Å². The van der Waals surface area contributed by atoms with Crippen molar-refractivity contribution in [3.63, 3.8) is 0 Å². The van der Waals surface area contributed by atoms with Crippen LogP contribution in [0.25, 0.3) is 0 Å². The Morgan fingerprint density at radius 3 is 2.54 bits per heavy atom. The number of nitrogens with one attached hydrogen (secondary N) is 1. The zero-order valence-electron chi connectivity index (χ0n) is 15.3. The number of anilines is 2. The van der Waals surface area contributed by atoms with Gasteiger partial charge in [0.05, 0.1) is 17.8 Å². The third-order valence-electron chi connectivity index (χ3n) is 4.76. The quantitative estimate of drug-likeness (QED) is 0.904.